The summed E-state index contributed by atoms with van der Waals surface area (Å²) < 4.78 is 0. The molecule has 0 aliphatic heterocycles. The molecule has 12 heavy (non-hydrogen) atoms. The van der Waals surface area contributed by atoms with Crippen molar-refractivity contribution >= 4 is 24.1 Å². The van der Waals surface area contributed by atoms with Gasteiger partial charge in [0.15, 0.2) is 0 Å². The Morgan fingerprint density at radius 1 is 1.42 bits per heavy atom. The van der Waals surface area contributed by atoms with Crippen LogP contribution in [-0.4, -0.2) is 11.0 Å². The predicted molar refractivity (Wildman–Crippen MR) is 47.8 cm³/mol. The minimum absolute atomic E-state index is 0. The number of anilines is 1. The smallest absolute Gasteiger partial charge is 0.330 e. The van der Waals surface area contributed by atoms with Crippen molar-refractivity contribution in [2.75, 3.05) is 5.43 Å². The lowest BCUT2D eigenvalue weighted by atomic mass is 10.4. The van der Waals surface area contributed by atoms with Crippen molar-refractivity contribution in [3.05, 3.63) is 24.5 Å². The Labute approximate surface area is 75.7 Å². The molecule has 1 heterocycles. The van der Waals surface area contributed by atoms with Crippen molar-refractivity contribution < 1.29 is 4.79 Å². The van der Waals surface area contributed by atoms with Gasteiger partial charge in [-0.25, -0.2) is 4.79 Å². The molecule has 0 aromatic carbocycles. The monoisotopic (exact) mass is 188 g/mol. The van der Waals surface area contributed by atoms with E-state index in [4.69, 9.17) is 5.73 Å². The number of carbonyl (C=O) groups is 1. The van der Waals surface area contributed by atoms with E-state index < -0.39 is 6.03 Å². The van der Waals surface area contributed by atoms with Crippen molar-refractivity contribution in [3.63, 3.8) is 0 Å². The summed E-state index contributed by atoms with van der Waals surface area (Å²) in [6.07, 6.45) is 3.20. The topological polar surface area (TPSA) is 80.0 Å². The number of aromatic nitrogens is 1. The first-order valence-corrected chi connectivity index (χ1v) is 3.00. The van der Waals surface area contributed by atoms with Gasteiger partial charge in [-0.05, 0) is 12.1 Å². The van der Waals surface area contributed by atoms with E-state index in [1.807, 2.05) is 0 Å². The molecular formula is C6H9ClN4O. The highest BCUT2D eigenvalue weighted by molar-refractivity contribution is 5.85. The summed E-state index contributed by atoms with van der Waals surface area (Å²) in [5, 5.41) is 0. The second kappa shape index (κ2) is 5.20. The first-order chi connectivity index (χ1) is 5.29. The number of nitrogens with zero attached hydrogens (tertiary/aromatic N) is 1. The SMILES string of the molecule is Cl.NC(=O)NNc1ccncc1. The van der Waals surface area contributed by atoms with E-state index in [9.17, 15) is 4.79 Å². The molecule has 0 saturated heterocycles. The van der Waals surface area contributed by atoms with E-state index in [1.54, 1.807) is 24.5 Å². The minimum atomic E-state index is -0.623. The molecule has 0 radical (unpaired) electrons. The number of carbonyl (C=O) groups excluding carboxylic acids is 1. The van der Waals surface area contributed by atoms with Gasteiger partial charge < -0.3 is 5.73 Å². The Hall–Kier alpha value is -1.49. The molecule has 0 atom stereocenters. The van der Waals surface area contributed by atoms with Crippen LogP contribution in [0.5, 0.6) is 0 Å². The summed E-state index contributed by atoms with van der Waals surface area (Å²) in [4.78, 5) is 14.0. The standard InChI is InChI=1S/C6H8N4O.ClH/c7-6(11)10-9-5-1-3-8-4-2-5;/h1-4H,(H,8,9)(H3,7,10,11);1H. The van der Waals surface area contributed by atoms with Gasteiger partial charge in [-0.15, -0.1) is 12.4 Å². The third-order valence-corrected chi connectivity index (χ3v) is 1.01. The number of nitrogens with two attached hydrogens (primary N) is 1. The van der Waals surface area contributed by atoms with Crippen LogP contribution in [0.3, 0.4) is 0 Å². The molecule has 0 aliphatic carbocycles. The molecule has 5 nitrogen and oxygen atoms in total. The van der Waals surface area contributed by atoms with E-state index in [2.05, 4.69) is 15.8 Å². The van der Waals surface area contributed by atoms with Crippen molar-refractivity contribution in [1.29, 1.82) is 0 Å². The Bertz CT molecular complexity index is 241. The van der Waals surface area contributed by atoms with Gasteiger partial charge in [0.2, 0.25) is 0 Å². The van der Waals surface area contributed by atoms with Gasteiger partial charge in [-0.3, -0.25) is 15.8 Å². The highest BCUT2D eigenvalue weighted by atomic mass is 35.5. The molecular weight excluding hydrogens is 180 g/mol. The Morgan fingerprint density at radius 3 is 2.50 bits per heavy atom. The fourth-order valence-electron chi connectivity index (χ4n) is 0.569. The molecule has 1 aromatic rings. The molecule has 2 amide bonds. The molecule has 1 rings (SSSR count). The summed E-state index contributed by atoms with van der Waals surface area (Å²) in [6.45, 7) is 0. The lowest BCUT2D eigenvalue weighted by molar-refractivity contribution is 0.250. The normalized spacial score (nSPS) is 8.00. The molecule has 0 aliphatic rings. The van der Waals surface area contributed by atoms with Gasteiger partial charge in [0.05, 0.1) is 5.69 Å². The number of urea groups is 1. The molecule has 66 valence electrons. The third-order valence-electron chi connectivity index (χ3n) is 1.01. The van der Waals surface area contributed by atoms with Crippen LogP contribution in [0.1, 0.15) is 0 Å². The first kappa shape index (κ1) is 10.5. The van der Waals surface area contributed by atoms with Crippen LogP contribution < -0.4 is 16.6 Å². The zero-order valence-electron chi connectivity index (χ0n) is 6.15. The zero-order chi connectivity index (χ0) is 8.10. The second-order valence-corrected chi connectivity index (χ2v) is 1.85. The Balaban J connectivity index is 0.00000121. The van der Waals surface area contributed by atoms with Gasteiger partial charge >= 0.3 is 6.03 Å². The largest absolute Gasteiger partial charge is 0.350 e. The van der Waals surface area contributed by atoms with E-state index in [1.165, 1.54) is 0 Å². The summed E-state index contributed by atoms with van der Waals surface area (Å²) in [5.41, 5.74) is 10.3. The number of hydrogen-bond acceptors (Lipinski definition) is 3. The van der Waals surface area contributed by atoms with Gasteiger partial charge in [0.25, 0.3) is 0 Å². The summed E-state index contributed by atoms with van der Waals surface area (Å²) in [7, 11) is 0. The maximum Gasteiger partial charge on any atom is 0.330 e. The number of hydrazine groups is 1. The van der Waals surface area contributed by atoms with Crippen LogP contribution in [0, 0.1) is 0 Å². The van der Waals surface area contributed by atoms with Crippen molar-refractivity contribution in [2.24, 2.45) is 5.73 Å². The molecule has 1 aromatic heterocycles. The summed E-state index contributed by atoms with van der Waals surface area (Å²) in [6, 6.07) is 2.79. The van der Waals surface area contributed by atoms with E-state index in [0.29, 0.717) is 0 Å². The lowest BCUT2D eigenvalue weighted by Crippen LogP contribution is -2.34. The molecule has 0 saturated carbocycles. The number of nitrogens with one attached hydrogen (secondary N) is 2. The first-order valence-electron chi connectivity index (χ1n) is 3.00. The van der Waals surface area contributed by atoms with Crippen LogP contribution in [-0.2, 0) is 0 Å². The zero-order valence-corrected chi connectivity index (χ0v) is 6.97. The fourth-order valence-corrected chi connectivity index (χ4v) is 0.569. The lowest BCUT2D eigenvalue weighted by Gasteiger charge is -2.03. The number of hydrogen-bond donors (Lipinski definition) is 3. The second-order valence-electron chi connectivity index (χ2n) is 1.85. The fraction of sp³-hybridized carbons (Fsp3) is 0. The average Bonchev–Trinajstić information content (AvgIpc) is 2.03. The molecule has 0 bridgehead atoms. The van der Waals surface area contributed by atoms with Gasteiger partial charge in [-0.2, -0.15) is 0 Å². The Kier molecular flexibility index (Phi) is 4.55. The molecule has 0 spiro atoms. The van der Waals surface area contributed by atoms with Crippen molar-refractivity contribution in [3.8, 4) is 0 Å². The van der Waals surface area contributed by atoms with Crippen LogP contribution in [0.25, 0.3) is 0 Å². The number of rotatable bonds is 2. The van der Waals surface area contributed by atoms with Crippen LogP contribution in [0.2, 0.25) is 0 Å². The van der Waals surface area contributed by atoms with E-state index in [0.717, 1.165) is 5.69 Å². The van der Waals surface area contributed by atoms with Crippen molar-refractivity contribution in [1.82, 2.24) is 10.4 Å². The van der Waals surface area contributed by atoms with Gasteiger partial charge in [0.1, 0.15) is 0 Å². The quantitative estimate of drug-likeness (QED) is 0.592. The number of halogens is 1. The maximum atomic E-state index is 10.2. The third kappa shape index (κ3) is 3.62. The van der Waals surface area contributed by atoms with Crippen LogP contribution >= 0.6 is 12.4 Å². The number of primary amides is 1. The summed E-state index contributed by atoms with van der Waals surface area (Å²) in [5.74, 6) is 0. The van der Waals surface area contributed by atoms with Crippen LogP contribution in [0.15, 0.2) is 24.5 Å². The number of pyridine rings is 1. The van der Waals surface area contributed by atoms with Crippen LogP contribution in [0.4, 0.5) is 10.5 Å². The van der Waals surface area contributed by atoms with Gasteiger partial charge in [0, 0.05) is 12.4 Å². The molecule has 6 heteroatoms. The Morgan fingerprint density at radius 2 is 2.00 bits per heavy atom. The molecule has 4 N–H and O–H groups in total. The highest BCUT2D eigenvalue weighted by Crippen LogP contribution is 1.99. The summed E-state index contributed by atoms with van der Waals surface area (Å²) >= 11 is 0. The highest BCUT2D eigenvalue weighted by Gasteiger charge is 1.89. The van der Waals surface area contributed by atoms with E-state index in [-0.39, 0.29) is 12.4 Å². The molecule has 0 unspecified atom stereocenters. The number of amides is 2. The average molecular weight is 189 g/mol. The minimum Gasteiger partial charge on any atom is -0.350 e. The molecule has 0 fully saturated rings. The van der Waals surface area contributed by atoms with Gasteiger partial charge in [-0.1, -0.05) is 0 Å². The van der Waals surface area contributed by atoms with E-state index >= 15 is 0 Å². The predicted octanol–water partition coefficient (Wildman–Crippen LogP) is 0.499. The maximum absolute atomic E-state index is 10.2. The van der Waals surface area contributed by atoms with Crippen molar-refractivity contribution in [2.45, 2.75) is 0 Å².